The van der Waals surface area contributed by atoms with Crippen LogP contribution in [-0.2, 0) is 0 Å². The van der Waals surface area contributed by atoms with E-state index in [1.165, 1.54) is 5.56 Å². The second-order valence-electron chi connectivity index (χ2n) is 3.87. The van der Waals surface area contributed by atoms with Gasteiger partial charge in [-0.05, 0) is 43.3 Å². The van der Waals surface area contributed by atoms with E-state index in [2.05, 4.69) is 5.32 Å². The van der Waals surface area contributed by atoms with E-state index >= 15 is 0 Å². The van der Waals surface area contributed by atoms with Crippen LogP contribution in [0.1, 0.15) is 11.1 Å². The van der Waals surface area contributed by atoms with Gasteiger partial charge in [0.2, 0.25) is 0 Å². The molecule has 0 aromatic heterocycles. The van der Waals surface area contributed by atoms with Gasteiger partial charge in [0.15, 0.2) is 0 Å². The minimum Gasteiger partial charge on any atom is -0.508 e. The minimum atomic E-state index is 0.242. The van der Waals surface area contributed by atoms with Crippen molar-refractivity contribution in [3.8, 4) is 5.75 Å². The molecule has 0 fully saturated rings. The minimum absolute atomic E-state index is 0.242. The largest absolute Gasteiger partial charge is 0.508 e. The number of aromatic hydroxyl groups is 1. The van der Waals surface area contributed by atoms with Gasteiger partial charge in [0.1, 0.15) is 10.7 Å². The molecule has 0 heterocycles. The fourth-order valence-electron chi connectivity index (χ4n) is 1.45. The summed E-state index contributed by atoms with van der Waals surface area (Å²) in [6.45, 7) is 2.04. The van der Waals surface area contributed by atoms with Crippen molar-refractivity contribution in [2.24, 2.45) is 0 Å². The van der Waals surface area contributed by atoms with E-state index in [0.717, 1.165) is 11.3 Å². The highest BCUT2D eigenvalue weighted by Crippen LogP contribution is 2.14. The van der Waals surface area contributed by atoms with Crippen molar-refractivity contribution < 1.29 is 5.11 Å². The lowest BCUT2D eigenvalue weighted by atomic mass is 10.2. The third kappa shape index (κ3) is 3.04. The van der Waals surface area contributed by atoms with E-state index < -0.39 is 0 Å². The van der Waals surface area contributed by atoms with Crippen molar-refractivity contribution >= 4 is 22.9 Å². The molecule has 0 unspecified atom stereocenters. The van der Waals surface area contributed by atoms with Crippen LogP contribution in [-0.4, -0.2) is 10.1 Å². The number of nitrogens with one attached hydrogen (secondary N) is 1. The van der Waals surface area contributed by atoms with Crippen molar-refractivity contribution in [1.29, 1.82) is 0 Å². The average molecular weight is 243 g/mol. The van der Waals surface area contributed by atoms with E-state index in [1.54, 1.807) is 24.3 Å². The predicted octanol–water partition coefficient (Wildman–Crippen LogP) is 3.49. The van der Waals surface area contributed by atoms with E-state index in [9.17, 15) is 5.11 Å². The van der Waals surface area contributed by atoms with Crippen molar-refractivity contribution in [3.05, 3.63) is 59.7 Å². The van der Waals surface area contributed by atoms with Crippen LogP contribution >= 0.6 is 12.2 Å². The van der Waals surface area contributed by atoms with Gasteiger partial charge >= 0.3 is 0 Å². The maximum absolute atomic E-state index is 9.20. The fourth-order valence-corrected chi connectivity index (χ4v) is 1.71. The first kappa shape index (κ1) is 11.6. The highest BCUT2D eigenvalue weighted by Gasteiger charge is 2.01. The molecule has 17 heavy (non-hydrogen) atoms. The molecule has 0 saturated heterocycles. The molecule has 2 N–H and O–H groups in total. The highest BCUT2D eigenvalue weighted by atomic mass is 32.1. The summed E-state index contributed by atoms with van der Waals surface area (Å²) in [5.74, 6) is 0.242. The number of hydrogen-bond acceptors (Lipinski definition) is 2. The Morgan fingerprint density at radius 2 is 1.59 bits per heavy atom. The lowest BCUT2D eigenvalue weighted by Gasteiger charge is -2.08. The molecule has 0 aliphatic rings. The molecule has 2 aromatic rings. The third-order valence-corrected chi connectivity index (χ3v) is 2.78. The van der Waals surface area contributed by atoms with Crippen molar-refractivity contribution in [2.75, 3.05) is 5.32 Å². The Bertz CT molecular complexity index is 517. The summed E-state index contributed by atoms with van der Waals surface area (Å²) >= 11 is 5.29. The smallest absolute Gasteiger partial charge is 0.115 e. The summed E-state index contributed by atoms with van der Waals surface area (Å²) in [5.41, 5.74) is 3.07. The summed E-state index contributed by atoms with van der Waals surface area (Å²) < 4.78 is 0. The Morgan fingerprint density at radius 3 is 2.18 bits per heavy atom. The van der Waals surface area contributed by atoms with Crippen LogP contribution in [0.3, 0.4) is 0 Å². The second-order valence-corrected chi connectivity index (χ2v) is 4.28. The molecule has 0 atom stereocenters. The first-order valence-corrected chi connectivity index (χ1v) is 5.73. The molecule has 3 heteroatoms. The lowest BCUT2D eigenvalue weighted by Crippen LogP contribution is -2.09. The fraction of sp³-hybridized carbons (Fsp3) is 0.0714. The maximum atomic E-state index is 9.20. The number of phenolic OH excluding ortho intramolecular Hbond substituents is 1. The summed E-state index contributed by atoms with van der Waals surface area (Å²) in [7, 11) is 0. The zero-order chi connectivity index (χ0) is 12.3. The van der Waals surface area contributed by atoms with Crippen LogP contribution in [0.15, 0.2) is 48.5 Å². The molecule has 0 radical (unpaired) electrons. The number of phenols is 1. The Hall–Kier alpha value is -1.87. The summed E-state index contributed by atoms with van der Waals surface area (Å²) in [6, 6.07) is 14.9. The molecule has 2 rings (SSSR count). The van der Waals surface area contributed by atoms with Crippen molar-refractivity contribution in [3.63, 3.8) is 0 Å². The molecule has 2 nitrogen and oxygen atoms in total. The van der Waals surface area contributed by atoms with Gasteiger partial charge in [-0.15, -0.1) is 0 Å². The Morgan fingerprint density at radius 1 is 1.00 bits per heavy atom. The van der Waals surface area contributed by atoms with E-state index in [4.69, 9.17) is 12.2 Å². The van der Waals surface area contributed by atoms with Crippen LogP contribution in [0, 0.1) is 6.92 Å². The van der Waals surface area contributed by atoms with E-state index in [0.29, 0.717) is 4.99 Å². The average Bonchev–Trinajstić information content (AvgIpc) is 2.33. The molecule has 0 spiro atoms. The van der Waals surface area contributed by atoms with Crippen LogP contribution < -0.4 is 5.32 Å². The van der Waals surface area contributed by atoms with E-state index in [-0.39, 0.29) is 5.75 Å². The predicted molar refractivity (Wildman–Crippen MR) is 74.6 cm³/mol. The van der Waals surface area contributed by atoms with Gasteiger partial charge < -0.3 is 10.4 Å². The van der Waals surface area contributed by atoms with E-state index in [1.807, 2.05) is 31.2 Å². The molecule has 2 aromatic carbocycles. The topological polar surface area (TPSA) is 32.3 Å². The van der Waals surface area contributed by atoms with Gasteiger partial charge in [0.05, 0.1) is 0 Å². The van der Waals surface area contributed by atoms with Crippen LogP contribution in [0.4, 0.5) is 5.69 Å². The van der Waals surface area contributed by atoms with Crippen LogP contribution in [0.25, 0.3) is 0 Å². The van der Waals surface area contributed by atoms with Crippen LogP contribution in [0.2, 0.25) is 0 Å². The standard InChI is InChI=1S/C14H13NOS/c1-10-2-6-12(7-3-10)15-14(17)11-4-8-13(16)9-5-11/h2-9,16H,1H3,(H,15,17). The zero-order valence-corrected chi connectivity index (χ0v) is 10.3. The van der Waals surface area contributed by atoms with Gasteiger partial charge in [-0.2, -0.15) is 0 Å². The zero-order valence-electron chi connectivity index (χ0n) is 9.47. The van der Waals surface area contributed by atoms with Crippen molar-refractivity contribution in [2.45, 2.75) is 6.92 Å². The summed E-state index contributed by atoms with van der Waals surface area (Å²) in [5, 5.41) is 12.3. The molecule has 86 valence electrons. The first-order valence-electron chi connectivity index (χ1n) is 5.32. The molecule has 0 bridgehead atoms. The number of hydrogen-bond donors (Lipinski definition) is 2. The van der Waals surface area contributed by atoms with Gasteiger partial charge in [-0.1, -0.05) is 29.9 Å². The monoisotopic (exact) mass is 243 g/mol. The molecule has 0 amide bonds. The Kier molecular flexibility index (Phi) is 3.40. The second kappa shape index (κ2) is 4.97. The van der Waals surface area contributed by atoms with Gasteiger partial charge in [0, 0.05) is 11.3 Å². The molecular weight excluding hydrogens is 230 g/mol. The number of rotatable bonds is 2. The Labute approximate surface area is 106 Å². The summed E-state index contributed by atoms with van der Waals surface area (Å²) in [6.07, 6.45) is 0. The molecule has 0 saturated carbocycles. The normalized spacial score (nSPS) is 9.94. The van der Waals surface area contributed by atoms with Gasteiger partial charge in [-0.25, -0.2) is 0 Å². The highest BCUT2D eigenvalue weighted by molar-refractivity contribution is 7.81. The van der Waals surface area contributed by atoms with Gasteiger partial charge in [-0.3, -0.25) is 0 Å². The first-order chi connectivity index (χ1) is 8.15. The number of benzene rings is 2. The quantitative estimate of drug-likeness (QED) is 0.792. The molecular formula is C14H13NOS. The SMILES string of the molecule is Cc1ccc(NC(=S)c2ccc(O)cc2)cc1. The Balaban J connectivity index is 2.11. The lowest BCUT2D eigenvalue weighted by molar-refractivity contribution is 0.475. The number of aryl methyl sites for hydroxylation is 1. The van der Waals surface area contributed by atoms with Crippen molar-refractivity contribution in [1.82, 2.24) is 0 Å². The molecule has 0 aliphatic carbocycles. The summed E-state index contributed by atoms with van der Waals surface area (Å²) in [4.78, 5) is 0.647. The maximum Gasteiger partial charge on any atom is 0.115 e. The van der Waals surface area contributed by atoms with Gasteiger partial charge in [0.25, 0.3) is 0 Å². The number of anilines is 1. The third-order valence-electron chi connectivity index (χ3n) is 2.44. The van der Waals surface area contributed by atoms with Crippen LogP contribution in [0.5, 0.6) is 5.75 Å². The molecule has 0 aliphatic heterocycles. The number of thiocarbonyl (C=S) groups is 1.